The number of rotatable bonds is 6. The largest absolute Gasteiger partial charge is 0.450 e. The Bertz CT molecular complexity index is 843. The van der Waals surface area contributed by atoms with Crippen molar-refractivity contribution in [2.45, 2.75) is 20.0 Å². The molecule has 2 N–H and O–H groups in total. The number of pyridine rings is 1. The maximum atomic E-state index is 12.3. The van der Waals surface area contributed by atoms with Gasteiger partial charge in [-0.1, -0.05) is 17.7 Å². The highest BCUT2D eigenvalue weighted by Crippen LogP contribution is 2.18. The summed E-state index contributed by atoms with van der Waals surface area (Å²) in [5.41, 5.74) is 0.846. The number of carbonyl (C=O) groups is 3. The molecule has 1 unspecified atom stereocenters. The van der Waals surface area contributed by atoms with Crippen molar-refractivity contribution in [3.05, 3.63) is 53.3 Å². The predicted molar refractivity (Wildman–Crippen MR) is 99.8 cm³/mol. The molecular formula is C18H18ClN3O5. The van der Waals surface area contributed by atoms with Crippen molar-refractivity contribution < 1.29 is 23.9 Å². The van der Waals surface area contributed by atoms with Gasteiger partial charge in [-0.3, -0.25) is 10.1 Å². The monoisotopic (exact) mass is 391 g/mol. The lowest BCUT2D eigenvalue weighted by Gasteiger charge is -2.14. The highest BCUT2D eigenvalue weighted by atomic mass is 35.5. The lowest BCUT2D eigenvalue weighted by Crippen LogP contribution is -2.30. The first-order valence-corrected chi connectivity index (χ1v) is 8.44. The molecule has 1 heterocycles. The van der Waals surface area contributed by atoms with Gasteiger partial charge in [0.2, 0.25) is 0 Å². The number of hydrogen-bond acceptors (Lipinski definition) is 6. The van der Waals surface area contributed by atoms with Gasteiger partial charge >= 0.3 is 12.1 Å². The van der Waals surface area contributed by atoms with Gasteiger partial charge < -0.3 is 14.8 Å². The van der Waals surface area contributed by atoms with E-state index in [1.165, 1.54) is 25.3 Å². The van der Waals surface area contributed by atoms with E-state index in [4.69, 9.17) is 21.1 Å². The van der Waals surface area contributed by atoms with Crippen LogP contribution in [0.2, 0.25) is 5.15 Å². The predicted octanol–water partition coefficient (Wildman–Crippen LogP) is 3.49. The fourth-order valence-electron chi connectivity index (χ4n) is 2.00. The van der Waals surface area contributed by atoms with E-state index in [1.807, 2.05) is 0 Å². The number of carbonyl (C=O) groups excluding carboxylic acids is 3. The van der Waals surface area contributed by atoms with Crippen molar-refractivity contribution in [1.29, 1.82) is 0 Å². The van der Waals surface area contributed by atoms with E-state index in [0.717, 1.165) is 0 Å². The van der Waals surface area contributed by atoms with Crippen LogP contribution in [0.3, 0.4) is 0 Å². The van der Waals surface area contributed by atoms with Crippen LogP contribution in [0.15, 0.2) is 42.6 Å². The fraction of sp³-hybridized carbons (Fsp3) is 0.222. The number of nitrogens with zero attached hydrogens (tertiary/aromatic N) is 1. The summed E-state index contributed by atoms with van der Waals surface area (Å²) in [6, 6.07) is 9.27. The van der Waals surface area contributed by atoms with Crippen molar-refractivity contribution >= 4 is 40.9 Å². The van der Waals surface area contributed by atoms with Crippen molar-refractivity contribution in [2.24, 2.45) is 0 Å². The average Bonchev–Trinajstić information content (AvgIpc) is 2.63. The number of esters is 1. The minimum Gasteiger partial charge on any atom is -0.450 e. The third kappa shape index (κ3) is 5.96. The number of halogens is 1. The van der Waals surface area contributed by atoms with E-state index in [2.05, 4.69) is 15.6 Å². The summed E-state index contributed by atoms with van der Waals surface area (Å²) in [5, 5.41) is 5.14. The molecule has 1 aromatic carbocycles. The molecule has 0 aliphatic heterocycles. The van der Waals surface area contributed by atoms with Crippen molar-refractivity contribution in [1.82, 2.24) is 4.98 Å². The van der Waals surface area contributed by atoms with E-state index in [9.17, 15) is 14.4 Å². The first-order chi connectivity index (χ1) is 12.9. The van der Waals surface area contributed by atoms with Gasteiger partial charge in [-0.15, -0.1) is 0 Å². The van der Waals surface area contributed by atoms with Crippen LogP contribution in [-0.2, 0) is 14.3 Å². The molecule has 0 bridgehead atoms. The number of ether oxygens (including phenoxy) is 2. The summed E-state index contributed by atoms with van der Waals surface area (Å²) >= 11 is 5.88. The summed E-state index contributed by atoms with van der Waals surface area (Å²) in [6.45, 7) is 3.33. The summed E-state index contributed by atoms with van der Waals surface area (Å²) in [5.74, 6) is -1.28. The van der Waals surface area contributed by atoms with Crippen molar-refractivity contribution in [3.63, 3.8) is 0 Å². The highest BCUT2D eigenvalue weighted by molar-refractivity contribution is 6.32. The Balaban J connectivity index is 1.98. The number of nitrogens with one attached hydrogen (secondary N) is 2. The summed E-state index contributed by atoms with van der Waals surface area (Å²) < 4.78 is 9.93. The van der Waals surface area contributed by atoms with Gasteiger partial charge in [-0.25, -0.2) is 14.6 Å². The third-order valence-electron chi connectivity index (χ3n) is 3.29. The van der Waals surface area contributed by atoms with E-state index in [0.29, 0.717) is 11.4 Å². The van der Waals surface area contributed by atoms with Crippen LogP contribution < -0.4 is 10.6 Å². The first-order valence-electron chi connectivity index (χ1n) is 8.07. The lowest BCUT2D eigenvalue weighted by atomic mass is 10.2. The summed E-state index contributed by atoms with van der Waals surface area (Å²) in [6.07, 6.45) is -0.224. The maximum absolute atomic E-state index is 12.3. The first kappa shape index (κ1) is 20.2. The maximum Gasteiger partial charge on any atom is 0.411 e. The van der Waals surface area contributed by atoms with Crippen molar-refractivity contribution in [3.8, 4) is 0 Å². The van der Waals surface area contributed by atoms with Gasteiger partial charge in [0, 0.05) is 11.9 Å². The van der Waals surface area contributed by atoms with Crippen LogP contribution in [0.5, 0.6) is 0 Å². The van der Waals surface area contributed by atoms with Gasteiger partial charge in [-0.2, -0.15) is 0 Å². The quantitative estimate of drug-likeness (QED) is 0.576. The second kappa shape index (κ2) is 9.54. The van der Waals surface area contributed by atoms with Gasteiger partial charge in [-0.05, 0) is 44.2 Å². The normalized spacial score (nSPS) is 11.2. The Morgan fingerprint density at radius 1 is 1.19 bits per heavy atom. The third-order valence-corrected chi connectivity index (χ3v) is 3.59. The zero-order valence-electron chi connectivity index (χ0n) is 14.7. The number of amides is 2. The lowest BCUT2D eigenvalue weighted by molar-refractivity contribution is -0.123. The smallest absolute Gasteiger partial charge is 0.411 e. The summed E-state index contributed by atoms with van der Waals surface area (Å²) in [7, 11) is 0. The molecule has 8 nitrogen and oxygen atoms in total. The molecule has 0 saturated heterocycles. The Morgan fingerprint density at radius 3 is 2.67 bits per heavy atom. The Kier molecular flexibility index (Phi) is 7.13. The average molecular weight is 392 g/mol. The molecular weight excluding hydrogens is 374 g/mol. The van der Waals surface area contributed by atoms with Crippen LogP contribution >= 0.6 is 11.6 Å². The Morgan fingerprint density at radius 2 is 1.96 bits per heavy atom. The molecule has 0 fully saturated rings. The fourth-order valence-corrected chi connectivity index (χ4v) is 2.17. The van der Waals surface area contributed by atoms with Crippen molar-refractivity contribution in [2.75, 3.05) is 17.2 Å². The van der Waals surface area contributed by atoms with Crippen LogP contribution in [0.1, 0.15) is 24.2 Å². The molecule has 0 saturated carbocycles. The molecule has 142 valence electrons. The van der Waals surface area contributed by atoms with Crippen LogP contribution in [0, 0.1) is 0 Å². The minimum absolute atomic E-state index is 0.127. The van der Waals surface area contributed by atoms with Gasteiger partial charge in [0.1, 0.15) is 0 Å². The van der Waals surface area contributed by atoms with Crippen LogP contribution in [0.25, 0.3) is 0 Å². The van der Waals surface area contributed by atoms with E-state index in [-0.39, 0.29) is 17.3 Å². The number of aromatic nitrogens is 1. The van der Waals surface area contributed by atoms with E-state index >= 15 is 0 Å². The van der Waals surface area contributed by atoms with Crippen LogP contribution in [-0.4, -0.2) is 35.7 Å². The molecule has 0 spiro atoms. The number of anilines is 2. The second-order valence-electron chi connectivity index (χ2n) is 5.30. The molecule has 9 heteroatoms. The highest BCUT2D eigenvalue weighted by Gasteiger charge is 2.20. The minimum atomic E-state index is -1.07. The van der Waals surface area contributed by atoms with Crippen LogP contribution in [0.4, 0.5) is 16.2 Å². The molecule has 0 aliphatic rings. The topological polar surface area (TPSA) is 107 Å². The zero-order chi connectivity index (χ0) is 19.8. The SMILES string of the molecule is CCOC(=O)Nc1cccc(C(=O)OC(C)C(=O)Nc2cccnc2Cl)c1. The molecule has 2 rings (SSSR count). The standard InChI is InChI=1S/C18H18ClN3O5/c1-3-26-18(25)21-13-7-4-6-12(10-13)17(24)27-11(2)16(23)22-14-8-5-9-20-15(14)19/h4-11H,3H2,1-2H3,(H,21,25)(H,22,23). The van der Waals surface area contributed by atoms with Gasteiger partial charge in [0.15, 0.2) is 11.3 Å². The number of hydrogen-bond donors (Lipinski definition) is 2. The van der Waals surface area contributed by atoms with E-state index in [1.54, 1.807) is 31.2 Å². The molecule has 2 amide bonds. The van der Waals surface area contributed by atoms with E-state index < -0.39 is 24.1 Å². The Hall–Kier alpha value is -3.13. The molecule has 2 aromatic rings. The Labute approximate surface area is 160 Å². The van der Waals surface area contributed by atoms with Gasteiger partial charge in [0.25, 0.3) is 5.91 Å². The summed E-state index contributed by atoms with van der Waals surface area (Å²) in [4.78, 5) is 39.7. The molecule has 1 atom stereocenters. The zero-order valence-corrected chi connectivity index (χ0v) is 15.4. The number of benzene rings is 1. The molecule has 27 heavy (non-hydrogen) atoms. The van der Waals surface area contributed by atoms with Gasteiger partial charge in [0.05, 0.1) is 17.9 Å². The molecule has 0 radical (unpaired) electrons. The molecule has 1 aromatic heterocycles. The molecule has 0 aliphatic carbocycles. The second-order valence-corrected chi connectivity index (χ2v) is 5.66.